The van der Waals surface area contributed by atoms with E-state index in [0.29, 0.717) is 5.69 Å². The molecule has 3 nitrogen and oxygen atoms in total. The highest BCUT2D eigenvalue weighted by Gasteiger charge is 2.39. The minimum Gasteiger partial charge on any atom is -0.335 e. The summed E-state index contributed by atoms with van der Waals surface area (Å²) >= 11 is 4.68. The summed E-state index contributed by atoms with van der Waals surface area (Å²) < 4.78 is 35.8. The Bertz CT molecular complexity index is 441. The lowest BCUT2D eigenvalue weighted by Crippen LogP contribution is -2.19. The summed E-state index contributed by atoms with van der Waals surface area (Å²) in [5, 5.41) is -1.96. The minimum absolute atomic E-state index is 0.0172. The molecule has 15 heavy (non-hydrogen) atoms. The number of thioether (sulfide) groups is 1. The Balaban J connectivity index is 2.91. The number of aryl methyl sites for hydroxylation is 1. The van der Waals surface area contributed by atoms with Crippen molar-refractivity contribution in [3.63, 3.8) is 0 Å². The van der Waals surface area contributed by atoms with Crippen molar-refractivity contribution in [1.82, 2.24) is 9.97 Å². The monoisotopic (exact) mass is 254 g/mol. The Morgan fingerprint density at radius 3 is 2.67 bits per heavy atom. The van der Waals surface area contributed by atoms with E-state index in [-0.39, 0.29) is 21.6 Å². The van der Waals surface area contributed by atoms with Crippen molar-refractivity contribution in [2.24, 2.45) is 0 Å². The number of carbonyl (C=O) groups is 1. The number of carbonyl (C=O) groups excluding carboxylic acids is 1. The van der Waals surface area contributed by atoms with Gasteiger partial charge in [-0.2, -0.15) is 13.2 Å². The predicted octanol–water partition coefficient (Wildman–Crippen LogP) is 2.63. The van der Waals surface area contributed by atoms with Gasteiger partial charge in [0.05, 0.1) is 0 Å². The van der Waals surface area contributed by atoms with E-state index in [1.807, 2.05) is 0 Å². The smallest absolute Gasteiger partial charge is 0.335 e. The van der Waals surface area contributed by atoms with Crippen LogP contribution < -0.4 is 0 Å². The van der Waals surface area contributed by atoms with E-state index in [2.05, 4.69) is 22.2 Å². The number of aromatic amines is 1. The average Bonchev–Trinajstić information content (AvgIpc) is 1.99. The Morgan fingerprint density at radius 1 is 1.60 bits per heavy atom. The normalized spacial score (nSPS) is 11.5. The van der Waals surface area contributed by atoms with E-state index < -0.39 is 11.3 Å². The number of hydrogen-bond donors (Lipinski definition) is 1. The van der Waals surface area contributed by atoms with Crippen LogP contribution in [0.4, 0.5) is 13.2 Å². The Hall–Kier alpha value is -0.890. The molecule has 1 aromatic heterocycles. The number of halogens is 3. The first kappa shape index (κ1) is 12.2. The molecule has 1 rings (SSSR count). The maximum absolute atomic E-state index is 11.9. The summed E-state index contributed by atoms with van der Waals surface area (Å²) in [6, 6.07) is 1.32. The van der Waals surface area contributed by atoms with Crippen molar-refractivity contribution >= 4 is 29.1 Å². The van der Waals surface area contributed by atoms with Crippen LogP contribution >= 0.6 is 24.0 Å². The molecule has 0 amide bonds. The van der Waals surface area contributed by atoms with Gasteiger partial charge in [0.1, 0.15) is 5.03 Å². The molecular weight excluding hydrogens is 249 g/mol. The van der Waals surface area contributed by atoms with Crippen LogP contribution in [0.25, 0.3) is 0 Å². The van der Waals surface area contributed by atoms with Crippen molar-refractivity contribution in [2.75, 3.05) is 0 Å². The van der Waals surface area contributed by atoms with Gasteiger partial charge < -0.3 is 4.98 Å². The molecule has 1 aromatic rings. The van der Waals surface area contributed by atoms with Gasteiger partial charge in [-0.3, -0.25) is 4.79 Å². The highest BCUT2D eigenvalue weighted by Crippen LogP contribution is 2.27. The van der Waals surface area contributed by atoms with Crippen molar-refractivity contribution in [2.45, 2.75) is 18.1 Å². The van der Waals surface area contributed by atoms with Gasteiger partial charge in [-0.1, -0.05) is 0 Å². The largest absolute Gasteiger partial charge is 0.461 e. The fraction of sp³-hybridized carbons (Fsp3) is 0.286. The predicted molar refractivity (Wildman–Crippen MR) is 51.1 cm³/mol. The molecule has 0 bridgehead atoms. The van der Waals surface area contributed by atoms with E-state index in [1.165, 1.54) is 6.07 Å². The Kier molecular flexibility index (Phi) is 3.50. The summed E-state index contributed by atoms with van der Waals surface area (Å²) in [7, 11) is 0. The number of nitrogens with zero attached hydrogens (tertiary/aromatic N) is 1. The fourth-order valence-corrected chi connectivity index (χ4v) is 1.75. The maximum Gasteiger partial charge on any atom is 0.461 e. The molecule has 0 aliphatic rings. The highest BCUT2D eigenvalue weighted by molar-refractivity contribution is 8.13. The number of H-pyrrole nitrogens is 1. The Morgan fingerprint density at radius 2 is 2.20 bits per heavy atom. The second kappa shape index (κ2) is 4.31. The molecule has 1 heterocycles. The lowest BCUT2D eigenvalue weighted by Gasteiger charge is -2.03. The molecular formula is C7H5F3N2OS2. The summed E-state index contributed by atoms with van der Waals surface area (Å²) in [5.41, 5.74) is 0.549. The van der Waals surface area contributed by atoms with Gasteiger partial charge in [-0.05, 0) is 37.0 Å². The van der Waals surface area contributed by atoms with Crippen molar-refractivity contribution in [1.29, 1.82) is 0 Å². The van der Waals surface area contributed by atoms with Gasteiger partial charge >= 0.3 is 6.18 Å². The molecule has 0 saturated heterocycles. The molecule has 8 heteroatoms. The zero-order valence-electron chi connectivity index (χ0n) is 7.38. The van der Waals surface area contributed by atoms with Crippen LogP contribution in [-0.4, -0.2) is 21.3 Å². The van der Waals surface area contributed by atoms with Crippen LogP contribution in [0.2, 0.25) is 0 Å². The van der Waals surface area contributed by atoms with Crippen LogP contribution in [-0.2, 0) is 4.79 Å². The number of hydrogen-bond acceptors (Lipinski definition) is 4. The van der Waals surface area contributed by atoms with E-state index in [1.54, 1.807) is 6.92 Å². The first-order chi connectivity index (χ1) is 6.79. The van der Waals surface area contributed by atoms with Gasteiger partial charge in [0.2, 0.25) is 0 Å². The van der Waals surface area contributed by atoms with Crippen LogP contribution in [0.3, 0.4) is 0 Å². The van der Waals surface area contributed by atoms with Crippen molar-refractivity contribution in [3.8, 4) is 0 Å². The molecule has 0 aliphatic heterocycles. The number of alkyl halides is 3. The SMILES string of the molecule is Cc1cc(SC(=O)C(F)(F)F)nc(=S)[nH]1. The maximum atomic E-state index is 11.9. The topological polar surface area (TPSA) is 45.8 Å². The first-order valence-corrected chi connectivity index (χ1v) is 4.88. The van der Waals surface area contributed by atoms with Gasteiger partial charge in [0, 0.05) is 5.69 Å². The van der Waals surface area contributed by atoms with Crippen molar-refractivity contribution < 1.29 is 18.0 Å². The van der Waals surface area contributed by atoms with Gasteiger partial charge in [-0.25, -0.2) is 4.98 Å². The quantitative estimate of drug-likeness (QED) is 0.475. The van der Waals surface area contributed by atoms with E-state index in [4.69, 9.17) is 0 Å². The van der Waals surface area contributed by atoms with E-state index >= 15 is 0 Å². The van der Waals surface area contributed by atoms with Crippen LogP contribution in [0, 0.1) is 11.7 Å². The third-order valence-corrected chi connectivity index (χ3v) is 2.31. The number of nitrogens with one attached hydrogen (secondary N) is 1. The zero-order chi connectivity index (χ0) is 11.6. The summed E-state index contributed by atoms with van der Waals surface area (Å²) in [4.78, 5) is 16.8. The molecule has 0 radical (unpaired) electrons. The molecule has 0 atom stereocenters. The van der Waals surface area contributed by atoms with E-state index in [9.17, 15) is 18.0 Å². The second-order valence-corrected chi connectivity index (χ2v) is 3.97. The van der Waals surface area contributed by atoms with Gasteiger partial charge in [-0.15, -0.1) is 0 Å². The molecule has 0 fully saturated rings. The fourth-order valence-electron chi connectivity index (χ4n) is 0.755. The molecule has 82 valence electrons. The standard InChI is InChI=1S/C7H5F3N2OS2/c1-3-2-4(12-6(14)11-3)15-5(13)7(8,9)10/h2H,1H3,(H,11,12,14). The van der Waals surface area contributed by atoms with Crippen LogP contribution in [0.15, 0.2) is 11.1 Å². The van der Waals surface area contributed by atoms with E-state index in [0.717, 1.165) is 0 Å². The molecule has 0 aromatic carbocycles. The summed E-state index contributed by atoms with van der Waals surface area (Å²) in [6.07, 6.45) is -4.86. The van der Waals surface area contributed by atoms with Crippen LogP contribution in [0.5, 0.6) is 0 Å². The number of rotatable bonds is 1. The molecule has 0 spiro atoms. The zero-order valence-corrected chi connectivity index (χ0v) is 9.02. The summed E-state index contributed by atoms with van der Waals surface area (Å²) in [5.74, 6) is 0. The van der Waals surface area contributed by atoms with Gasteiger partial charge in [0.25, 0.3) is 5.12 Å². The third-order valence-electron chi connectivity index (χ3n) is 1.28. The van der Waals surface area contributed by atoms with Crippen molar-refractivity contribution in [3.05, 3.63) is 16.5 Å². The molecule has 0 aliphatic carbocycles. The molecule has 1 N–H and O–H groups in total. The molecule has 0 saturated carbocycles. The lowest BCUT2D eigenvalue weighted by atomic mass is 10.5. The third kappa shape index (κ3) is 3.63. The minimum atomic E-state index is -4.86. The second-order valence-electron chi connectivity index (χ2n) is 2.59. The highest BCUT2D eigenvalue weighted by atomic mass is 32.2. The first-order valence-electron chi connectivity index (χ1n) is 3.66. The summed E-state index contributed by atoms with van der Waals surface area (Å²) in [6.45, 7) is 1.61. The van der Waals surface area contributed by atoms with Crippen LogP contribution in [0.1, 0.15) is 5.69 Å². The average molecular weight is 254 g/mol. The molecule has 0 unspecified atom stereocenters. The Labute approximate surface area is 92.1 Å². The lowest BCUT2D eigenvalue weighted by molar-refractivity contribution is -0.160. The number of aromatic nitrogens is 2. The van der Waals surface area contributed by atoms with Gasteiger partial charge in [0.15, 0.2) is 4.77 Å².